The van der Waals surface area contributed by atoms with E-state index >= 15 is 0 Å². The molecule has 3 heteroatoms. The fourth-order valence-electron chi connectivity index (χ4n) is 1.08. The Morgan fingerprint density at radius 1 is 1.45 bits per heavy atom. The molecule has 0 N–H and O–H groups in total. The molecule has 0 atom stereocenters. The van der Waals surface area contributed by atoms with Crippen LogP contribution in [0.25, 0.3) is 5.52 Å². The van der Waals surface area contributed by atoms with Crippen molar-refractivity contribution in [2.45, 2.75) is 0 Å². The van der Waals surface area contributed by atoms with E-state index in [0.717, 1.165) is 11.8 Å². The topological polar surface area (TPSA) is 34.4 Å². The summed E-state index contributed by atoms with van der Waals surface area (Å²) in [5, 5.41) is 0. The molecule has 0 spiro atoms. The number of hydrogen-bond donors (Lipinski definition) is 0. The molecule has 0 aliphatic carbocycles. The summed E-state index contributed by atoms with van der Waals surface area (Å²) in [6, 6.07) is 5.66. The quantitative estimate of drug-likeness (QED) is 0.565. The largest absolute Gasteiger partial charge is 0.299 e. The Kier molecular flexibility index (Phi) is 1.22. The fourth-order valence-corrected chi connectivity index (χ4v) is 1.08. The van der Waals surface area contributed by atoms with Crippen LogP contribution in [-0.4, -0.2) is 15.7 Å². The second kappa shape index (κ2) is 2.20. The van der Waals surface area contributed by atoms with Crippen LogP contribution in [0.3, 0.4) is 0 Å². The third-order valence-electron chi connectivity index (χ3n) is 1.58. The molecule has 11 heavy (non-hydrogen) atoms. The van der Waals surface area contributed by atoms with E-state index in [9.17, 15) is 4.79 Å². The van der Waals surface area contributed by atoms with Crippen LogP contribution in [0, 0.1) is 0 Å². The van der Waals surface area contributed by atoms with Gasteiger partial charge in [-0.05, 0) is 18.2 Å². The normalized spacial score (nSPS) is 10.2. The maximum atomic E-state index is 10.4. The first kappa shape index (κ1) is 6.09. The Bertz CT molecular complexity index is 392. The molecule has 3 nitrogen and oxygen atoms in total. The Morgan fingerprint density at radius 2 is 2.36 bits per heavy atom. The number of nitrogens with zero attached hydrogens (tertiary/aromatic N) is 2. The minimum absolute atomic E-state index is 0.438. The molecule has 0 fully saturated rings. The van der Waals surface area contributed by atoms with E-state index in [4.69, 9.17) is 0 Å². The third kappa shape index (κ3) is 0.816. The predicted molar refractivity (Wildman–Crippen MR) is 40.6 cm³/mol. The van der Waals surface area contributed by atoms with E-state index in [1.807, 2.05) is 24.4 Å². The van der Waals surface area contributed by atoms with Crippen molar-refractivity contribution in [1.82, 2.24) is 9.38 Å². The first-order valence-corrected chi connectivity index (χ1v) is 3.29. The van der Waals surface area contributed by atoms with Crippen LogP contribution in [-0.2, 0) is 0 Å². The lowest BCUT2D eigenvalue weighted by molar-refractivity contribution is 0.111. The monoisotopic (exact) mass is 146 g/mol. The molecule has 2 aromatic rings. The molecule has 2 heterocycles. The van der Waals surface area contributed by atoms with E-state index in [2.05, 4.69) is 4.98 Å². The van der Waals surface area contributed by atoms with E-state index in [-0.39, 0.29) is 0 Å². The highest BCUT2D eigenvalue weighted by Crippen LogP contribution is 2.03. The fraction of sp³-hybridized carbons (Fsp3) is 0. The molecule has 0 aromatic carbocycles. The van der Waals surface area contributed by atoms with Crippen molar-refractivity contribution in [3.05, 3.63) is 36.4 Å². The number of aldehydes is 1. The van der Waals surface area contributed by atoms with Gasteiger partial charge in [-0.15, -0.1) is 0 Å². The van der Waals surface area contributed by atoms with Crippen molar-refractivity contribution in [3.63, 3.8) is 0 Å². The summed E-state index contributed by atoms with van der Waals surface area (Å²) in [6.07, 6.45) is 4.18. The summed E-state index contributed by atoms with van der Waals surface area (Å²) >= 11 is 0. The zero-order valence-corrected chi connectivity index (χ0v) is 5.77. The molecule has 0 amide bonds. The molecule has 0 aliphatic heterocycles. The highest BCUT2D eigenvalue weighted by molar-refractivity contribution is 5.71. The van der Waals surface area contributed by atoms with Gasteiger partial charge in [-0.25, -0.2) is 4.98 Å². The molecular weight excluding hydrogens is 140 g/mol. The zero-order valence-electron chi connectivity index (χ0n) is 5.77. The lowest BCUT2D eigenvalue weighted by Crippen LogP contribution is -1.95. The van der Waals surface area contributed by atoms with Crippen LogP contribution in [0.1, 0.15) is 10.6 Å². The molecule has 0 saturated carbocycles. The molecule has 0 unspecified atom stereocenters. The SMILES string of the molecule is O=Cc1nccc2cccn12. The van der Waals surface area contributed by atoms with Crippen molar-refractivity contribution in [2.75, 3.05) is 0 Å². The first-order valence-electron chi connectivity index (χ1n) is 3.29. The van der Waals surface area contributed by atoms with E-state index in [0.29, 0.717) is 5.82 Å². The highest BCUT2D eigenvalue weighted by atomic mass is 16.1. The first-order chi connectivity index (χ1) is 5.42. The number of rotatable bonds is 1. The third-order valence-corrected chi connectivity index (χ3v) is 1.58. The Morgan fingerprint density at radius 3 is 3.18 bits per heavy atom. The molecule has 2 rings (SSSR count). The highest BCUT2D eigenvalue weighted by Gasteiger charge is 1.96. The second-order valence-electron chi connectivity index (χ2n) is 2.22. The van der Waals surface area contributed by atoms with Crippen molar-refractivity contribution in [2.24, 2.45) is 0 Å². The van der Waals surface area contributed by atoms with E-state index in [1.54, 1.807) is 10.6 Å². The number of carbonyl (C=O) groups excluding carboxylic acids is 1. The standard InChI is InChI=1S/C8H6N2O/c11-6-8-9-4-3-7-2-1-5-10(7)8/h1-6H. The van der Waals surface area contributed by atoms with Crippen LogP contribution in [0.15, 0.2) is 30.6 Å². The minimum atomic E-state index is 0.438. The predicted octanol–water partition coefficient (Wildman–Crippen LogP) is 1.15. The van der Waals surface area contributed by atoms with Crippen LogP contribution >= 0.6 is 0 Å². The van der Waals surface area contributed by atoms with Crippen LogP contribution in [0.5, 0.6) is 0 Å². The average molecular weight is 146 g/mol. The molecular formula is C8H6N2O. The smallest absolute Gasteiger partial charge is 0.185 e. The number of hydrogen-bond acceptors (Lipinski definition) is 2. The lowest BCUT2D eigenvalue weighted by atomic mass is 10.5. The van der Waals surface area contributed by atoms with Crippen LogP contribution in [0.2, 0.25) is 0 Å². The second-order valence-corrected chi connectivity index (χ2v) is 2.22. The molecule has 2 aromatic heterocycles. The van der Waals surface area contributed by atoms with Gasteiger partial charge in [0, 0.05) is 17.9 Å². The maximum absolute atomic E-state index is 10.4. The van der Waals surface area contributed by atoms with Gasteiger partial charge in [0.05, 0.1) is 0 Å². The van der Waals surface area contributed by atoms with Gasteiger partial charge in [0.15, 0.2) is 12.1 Å². The van der Waals surface area contributed by atoms with Gasteiger partial charge >= 0.3 is 0 Å². The Balaban J connectivity index is 2.88. The van der Waals surface area contributed by atoms with Crippen molar-refractivity contribution < 1.29 is 4.79 Å². The molecule has 54 valence electrons. The van der Waals surface area contributed by atoms with Crippen LogP contribution in [0.4, 0.5) is 0 Å². The minimum Gasteiger partial charge on any atom is -0.299 e. The Hall–Kier alpha value is -1.64. The van der Waals surface area contributed by atoms with Crippen molar-refractivity contribution >= 4 is 11.8 Å². The number of aromatic nitrogens is 2. The zero-order chi connectivity index (χ0) is 7.68. The summed E-state index contributed by atoms with van der Waals surface area (Å²) < 4.78 is 1.74. The van der Waals surface area contributed by atoms with Gasteiger partial charge in [-0.3, -0.25) is 9.20 Å². The number of carbonyl (C=O) groups is 1. The van der Waals surface area contributed by atoms with Gasteiger partial charge < -0.3 is 0 Å². The van der Waals surface area contributed by atoms with Gasteiger partial charge in [0.1, 0.15) is 0 Å². The van der Waals surface area contributed by atoms with Gasteiger partial charge in [0.25, 0.3) is 0 Å². The van der Waals surface area contributed by atoms with Crippen LogP contribution < -0.4 is 0 Å². The van der Waals surface area contributed by atoms with Crippen molar-refractivity contribution in [3.8, 4) is 0 Å². The Labute approximate surface area is 63.3 Å². The number of fused-ring (bicyclic) bond motifs is 1. The molecule has 0 bridgehead atoms. The van der Waals surface area contributed by atoms with Gasteiger partial charge in [0.2, 0.25) is 0 Å². The summed E-state index contributed by atoms with van der Waals surface area (Å²) in [7, 11) is 0. The van der Waals surface area contributed by atoms with E-state index in [1.165, 1.54) is 0 Å². The molecule has 0 saturated heterocycles. The molecule has 0 radical (unpaired) electrons. The van der Waals surface area contributed by atoms with Gasteiger partial charge in [-0.2, -0.15) is 0 Å². The van der Waals surface area contributed by atoms with Gasteiger partial charge in [-0.1, -0.05) is 0 Å². The maximum Gasteiger partial charge on any atom is 0.185 e. The molecule has 0 aliphatic rings. The lowest BCUT2D eigenvalue weighted by Gasteiger charge is -1.95. The summed E-state index contributed by atoms with van der Waals surface area (Å²) in [6.45, 7) is 0. The summed E-state index contributed by atoms with van der Waals surface area (Å²) in [5.41, 5.74) is 0.988. The van der Waals surface area contributed by atoms with E-state index < -0.39 is 0 Å². The summed E-state index contributed by atoms with van der Waals surface area (Å²) in [4.78, 5) is 14.3. The summed E-state index contributed by atoms with van der Waals surface area (Å²) in [5.74, 6) is 0.438. The van der Waals surface area contributed by atoms with Crippen molar-refractivity contribution in [1.29, 1.82) is 0 Å². The average Bonchev–Trinajstić information content (AvgIpc) is 2.50.